The van der Waals surface area contributed by atoms with Crippen LogP contribution in [-0.2, 0) is 11.3 Å². The molecule has 0 saturated carbocycles. The summed E-state index contributed by atoms with van der Waals surface area (Å²) in [6, 6.07) is 28.1. The molecule has 0 fully saturated rings. The van der Waals surface area contributed by atoms with E-state index in [-0.39, 0.29) is 5.41 Å². The Bertz CT molecular complexity index is 925. The fraction of sp³-hybridized carbons (Fsp3) is 0.185. The number of hydrogen-bond donors (Lipinski definition) is 0. The summed E-state index contributed by atoms with van der Waals surface area (Å²) in [5.41, 5.74) is 2.25. The van der Waals surface area contributed by atoms with Crippen molar-refractivity contribution in [2.75, 3.05) is 6.61 Å². The molecule has 0 N–H and O–H groups in total. The lowest BCUT2D eigenvalue weighted by Crippen LogP contribution is -2.16. The second kappa shape index (κ2) is 10.4. The van der Waals surface area contributed by atoms with Gasteiger partial charge in [0, 0.05) is 5.41 Å². The summed E-state index contributed by atoms with van der Waals surface area (Å²) < 4.78 is 11.9. The van der Waals surface area contributed by atoms with Gasteiger partial charge < -0.3 is 9.47 Å². The Hall–Kier alpha value is -3.10. The first-order valence-corrected chi connectivity index (χ1v) is 9.91. The largest absolute Gasteiger partial charge is 0.457 e. The molecule has 0 aromatic heterocycles. The molecule has 3 aromatic rings. The minimum absolute atomic E-state index is 0.0425. The van der Waals surface area contributed by atoms with E-state index in [2.05, 4.69) is 56.4 Å². The topological polar surface area (TPSA) is 18.5 Å². The molecule has 0 spiro atoms. The van der Waals surface area contributed by atoms with E-state index in [4.69, 9.17) is 9.47 Å². The van der Waals surface area contributed by atoms with Gasteiger partial charge in [-0.1, -0.05) is 98.8 Å². The van der Waals surface area contributed by atoms with E-state index in [0.717, 1.165) is 17.1 Å². The quantitative estimate of drug-likeness (QED) is 0.361. The normalized spacial score (nSPS) is 11.9. The third kappa shape index (κ3) is 7.44. The van der Waals surface area contributed by atoms with Crippen LogP contribution in [-0.4, -0.2) is 6.61 Å². The molecule has 3 rings (SSSR count). The van der Waals surface area contributed by atoms with Crippen LogP contribution in [0.3, 0.4) is 0 Å². The van der Waals surface area contributed by atoms with Gasteiger partial charge in [0.1, 0.15) is 11.5 Å². The third-order valence-corrected chi connectivity index (χ3v) is 4.37. The van der Waals surface area contributed by atoms with Gasteiger partial charge in [-0.3, -0.25) is 0 Å². The van der Waals surface area contributed by atoms with Crippen LogP contribution in [0.15, 0.2) is 103 Å². The summed E-state index contributed by atoms with van der Waals surface area (Å²) in [6.45, 7) is 5.55. The van der Waals surface area contributed by atoms with Gasteiger partial charge in [-0.2, -0.15) is 0 Å². The van der Waals surface area contributed by atoms with Crippen molar-refractivity contribution in [1.29, 1.82) is 0 Å². The molecular weight excluding hydrogens is 356 g/mol. The maximum atomic E-state index is 5.97. The second-order valence-electron chi connectivity index (χ2n) is 7.67. The van der Waals surface area contributed by atoms with Crippen molar-refractivity contribution in [2.45, 2.75) is 20.5 Å². The van der Waals surface area contributed by atoms with Crippen LogP contribution in [0.25, 0.3) is 6.08 Å². The van der Waals surface area contributed by atoms with Crippen molar-refractivity contribution in [3.8, 4) is 11.5 Å². The maximum absolute atomic E-state index is 5.97. The molecule has 29 heavy (non-hydrogen) atoms. The predicted molar refractivity (Wildman–Crippen MR) is 121 cm³/mol. The molecule has 0 bridgehead atoms. The molecule has 0 atom stereocenters. The zero-order chi connectivity index (χ0) is 20.4. The fourth-order valence-corrected chi connectivity index (χ4v) is 2.85. The van der Waals surface area contributed by atoms with Crippen molar-refractivity contribution in [3.05, 3.63) is 114 Å². The Morgan fingerprint density at radius 2 is 1.45 bits per heavy atom. The van der Waals surface area contributed by atoms with Gasteiger partial charge in [-0.15, -0.1) is 0 Å². The molecular formula is C27H28O2. The average molecular weight is 385 g/mol. The van der Waals surface area contributed by atoms with E-state index in [9.17, 15) is 0 Å². The Kier molecular flexibility index (Phi) is 7.43. The lowest BCUT2D eigenvalue weighted by Gasteiger charge is -2.20. The van der Waals surface area contributed by atoms with Gasteiger partial charge >= 0.3 is 0 Å². The van der Waals surface area contributed by atoms with Crippen molar-refractivity contribution in [3.63, 3.8) is 0 Å². The molecule has 0 aliphatic heterocycles. The van der Waals surface area contributed by atoms with Crippen LogP contribution in [0.1, 0.15) is 25.0 Å². The van der Waals surface area contributed by atoms with Crippen LogP contribution >= 0.6 is 0 Å². The molecule has 0 unspecified atom stereocenters. The maximum Gasteiger partial charge on any atom is 0.127 e. The number of para-hydroxylation sites is 1. The highest BCUT2D eigenvalue weighted by molar-refractivity contribution is 5.50. The van der Waals surface area contributed by atoms with Crippen LogP contribution in [0.5, 0.6) is 11.5 Å². The molecule has 3 aromatic carbocycles. The average Bonchev–Trinajstić information content (AvgIpc) is 2.73. The van der Waals surface area contributed by atoms with E-state index in [0.29, 0.717) is 13.2 Å². The summed E-state index contributed by atoms with van der Waals surface area (Å²) in [7, 11) is 0. The summed E-state index contributed by atoms with van der Waals surface area (Å²) in [6.07, 6.45) is 8.44. The molecule has 0 aliphatic rings. The molecule has 0 aliphatic carbocycles. The predicted octanol–water partition coefficient (Wildman–Crippen LogP) is 7.29. The van der Waals surface area contributed by atoms with Gasteiger partial charge in [0.2, 0.25) is 0 Å². The number of allylic oxidation sites excluding steroid dienone is 2. The van der Waals surface area contributed by atoms with Gasteiger partial charge in [-0.25, -0.2) is 0 Å². The Morgan fingerprint density at radius 3 is 2.21 bits per heavy atom. The smallest absolute Gasteiger partial charge is 0.127 e. The SMILES string of the molecule is CC(C)(C=CC=Cc1ccccc1)COCc1cccc(Oc2ccccc2)c1. The van der Waals surface area contributed by atoms with Gasteiger partial charge in [0.25, 0.3) is 0 Å². The summed E-state index contributed by atoms with van der Waals surface area (Å²) in [5, 5.41) is 0. The van der Waals surface area contributed by atoms with E-state index >= 15 is 0 Å². The van der Waals surface area contributed by atoms with Crippen LogP contribution in [0, 0.1) is 5.41 Å². The standard InChI is InChI=1S/C27H28O2/c1-27(2,19-10-9-14-23-12-5-3-6-13-23)22-28-21-24-15-11-18-26(20-24)29-25-16-7-4-8-17-25/h3-20H,21-22H2,1-2H3. The number of hydrogen-bond acceptors (Lipinski definition) is 2. The molecule has 0 heterocycles. The molecule has 148 valence electrons. The van der Waals surface area contributed by atoms with Crippen molar-refractivity contribution < 1.29 is 9.47 Å². The van der Waals surface area contributed by atoms with Crippen LogP contribution < -0.4 is 4.74 Å². The highest BCUT2D eigenvalue weighted by atomic mass is 16.5. The molecule has 0 amide bonds. The molecule has 2 nitrogen and oxygen atoms in total. The molecule has 0 saturated heterocycles. The lowest BCUT2D eigenvalue weighted by atomic mass is 9.94. The van der Waals surface area contributed by atoms with Crippen LogP contribution in [0.2, 0.25) is 0 Å². The first-order valence-electron chi connectivity index (χ1n) is 9.91. The van der Waals surface area contributed by atoms with E-state index in [1.54, 1.807) is 0 Å². The van der Waals surface area contributed by atoms with Crippen molar-refractivity contribution in [2.24, 2.45) is 5.41 Å². The highest BCUT2D eigenvalue weighted by Crippen LogP contribution is 2.23. The number of benzene rings is 3. The Morgan fingerprint density at radius 1 is 0.759 bits per heavy atom. The minimum Gasteiger partial charge on any atom is -0.457 e. The van der Waals surface area contributed by atoms with E-state index < -0.39 is 0 Å². The van der Waals surface area contributed by atoms with E-state index in [1.165, 1.54) is 5.56 Å². The van der Waals surface area contributed by atoms with E-state index in [1.807, 2.05) is 66.7 Å². The second-order valence-corrected chi connectivity index (χ2v) is 7.67. The molecule has 2 heteroatoms. The zero-order valence-electron chi connectivity index (χ0n) is 17.1. The lowest BCUT2D eigenvalue weighted by molar-refractivity contribution is 0.0716. The fourth-order valence-electron chi connectivity index (χ4n) is 2.85. The summed E-state index contributed by atoms with van der Waals surface area (Å²) in [5.74, 6) is 1.66. The highest BCUT2D eigenvalue weighted by Gasteiger charge is 2.13. The van der Waals surface area contributed by atoms with Crippen LogP contribution in [0.4, 0.5) is 0 Å². The first-order chi connectivity index (χ1) is 14.1. The van der Waals surface area contributed by atoms with Gasteiger partial charge in [0.15, 0.2) is 0 Å². The summed E-state index contributed by atoms with van der Waals surface area (Å²) >= 11 is 0. The number of ether oxygens (including phenoxy) is 2. The monoisotopic (exact) mass is 384 g/mol. The Labute approximate surface area is 174 Å². The Balaban J connectivity index is 1.47. The minimum atomic E-state index is -0.0425. The third-order valence-electron chi connectivity index (χ3n) is 4.37. The van der Waals surface area contributed by atoms with Crippen molar-refractivity contribution >= 4 is 6.08 Å². The van der Waals surface area contributed by atoms with Gasteiger partial charge in [0.05, 0.1) is 13.2 Å². The first kappa shape index (κ1) is 20.6. The summed E-state index contributed by atoms with van der Waals surface area (Å²) in [4.78, 5) is 0. The zero-order valence-corrected chi connectivity index (χ0v) is 17.1. The van der Waals surface area contributed by atoms with Crippen molar-refractivity contribution in [1.82, 2.24) is 0 Å². The number of rotatable bonds is 9. The molecule has 0 radical (unpaired) electrons. The van der Waals surface area contributed by atoms with Gasteiger partial charge in [-0.05, 0) is 35.4 Å².